The minimum absolute atomic E-state index is 0.00949. The Kier molecular flexibility index (Phi) is 5.53. The predicted molar refractivity (Wildman–Crippen MR) is 102 cm³/mol. The zero-order valence-electron chi connectivity index (χ0n) is 15.2. The normalized spacial score (nSPS) is 15.1. The summed E-state index contributed by atoms with van der Waals surface area (Å²) in [6.07, 6.45) is 7.52. The van der Waals surface area contributed by atoms with Gasteiger partial charge >= 0.3 is 0 Å². The van der Waals surface area contributed by atoms with Gasteiger partial charge in [-0.2, -0.15) is 5.10 Å². The molecule has 7 nitrogen and oxygen atoms in total. The van der Waals surface area contributed by atoms with E-state index in [1.807, 2.05) is 53.7 Å². The molecule has 0 saturated carbocycles. The van der Waals surface area contributed by atoms with Crippen molar-refractivity contribution in [3.8, 4) is 22.5 Å². The molecule has 1 fully saturated rings. The minimum Gasteiger partial charge on any atom is -0.392 e. The van der Waals surface area contributed by atoms with Gasteiger partial charge in [0.1, 0.15) is 0 Å². The second kappa shape index (κ2) is 8.39. The molecule has 3 heterocycles. The van der Waals surface area contributed by atoms with Crippen LogP contribution in [0.4, 0.5) is 0 Å². The lowest BCUT2D eigenvalue weighted by atomic mass is 10.1. The van der Waals surface area contributed by atoms with Crippen LogP contribution >= 0.6 is 0 Å². The number of nitrogens with zero attached hydrogens (tertiary/aromatic N) is 5. The van der Waals surface area contributed by atoms with Gasteiger partial charge in [-0.15, -0.1) is 0 Å². The van der Waals surface area contributed by atoms with Crippen molar-refractivity contribution in [3.05, 3.63) is 54.6 Å². The topological polar surface area (TPSA) is 76.3 Å². The van der Waals surface area contributed by atoms with Crippen molar-refractivity contribution in [3.63, 3.8) is 0 Å². The van der Waals surface area contributed by atoms with Crippen LogP contribution in [0.25, 0.3) is 22.5 Å². The van der Waals surface area contributed by atoms with Crippen molar-refractivity contribution in [1.82, 2.24) is 24.6 Å². The lowest BCUT2D eigenvalue weighted by Crippen LogP contribution is -2.38. The maximum absolute atomic E-state index is 9.27. The van der Waals surface area contributed by atoms with Crippen molar-refractivity contribution in [2.24, 2.45) is 0 Å². The molecule has 1 N–H and O–H groups in total. The molecule has 0 atom stereocenters. The summed E-state index contributed by atoms with van der Waals surface area (Å²) in [5.41, 5.74) is 3.69. The molecular formula is C20H23N5O2. The molecule has 0 radical (unpaired) electrons. The smallest absolute Gasteiger partial charge is 0.159 e. The van der Waals surface area contributed by atoms with Gasteiger partial charge in [0, 0.05) is 54.9 Å². The van der Waals surface area contributed by atoms with Crippen LogP contribution in [0.15, 0.2) is 49.1 Å². The maximum Gasteiger partial charge on any atom is 0.159 e. The molecule has 27 heavy (non-hydrogen) atoms. The van der Waals surface area contributed by atoms with Gasteiger partial charge in [0.15, 0.2) is 5.82 Å². The van der Waals surface area contributed by atoms with E-state index < -0.39 is 0 Å². The molecule has 1 aliphatic rings. The van der Waals surface area contributed by atoms with Crippen LogP contribution < -0.4 is 0 Å². The fraction of sp³-hybridized carbons (Fsp3) is 0.350. The summed E-state index contributed by atoms with van der Waals surface area (Å²) in [7, 11) is 0. The highest BCUT2D eigenvalue weighted by molar-refractivity contribution is 5.62. The first-order valence-electron chi connectivity index (χ1n) is 9.17. The van der Waals surface area contributed by atoms with E-state index >= 15 is 0 Å². The van der Waals surface area contributed by atoms with Gasteiger partial charge in [-0.1, -0.05) is 18.2 Å². The van der Waals surface area contributed by atoms with Crippen LogP contribution in [-0.4, -0.2) is 62.6 Å². The average molecular weight is 365 g/mol. The highest BCUT2D eigenvalue weighted by atomic mass is 16.5. The molecule has 0 amide bonds. The molecule has 0 bridgehead atoms. The molecule has 2 aromatic heterocycles. The first-order chi connectivity index (χ1) is 13.3. The van der Waals surface area contributed by atoms with Crippen LogP contribution in [0, 0.1) is 0 Å². The number of morpholine rings is 1. The molecular weight excluding hydrogens is 342 g/mol. The van der Waals surface area contributed by atoms with E-state index in [0.717, 1.165) is 61.6 Å². The predicted octanol–water partition coefficient (Wildman–Crippen LogP) is 1.83. The summed E-state index contributed by atoms with van der Waals surface area (Å²) < 4.78 is 7.34. The quantitative estimate of drug-likeness (QED) is 0.718. The van der Waals surface area contributed by atoms with E-state index in [9.17, 15) is 5.11 Å². The second-order valence-electron chi connectivity index (χ2n) is 6.60. The Bertz CT molecular complexity index is 872. The van der Waals surface area contributed by atoms with Crippen LogP contribution in [-0.2, 0) is 17.9 Å². The fourth-order valence-electron chi connectivity index (χ4n) is 3.14. The summed E-state index contributed by atoms with van der Waals surface area (Å²) in [6, 6.07) is 7.62. The van der Waals surface area contributed by atoms with E-state index in [-0.39, 0.29) is 6.61 Å². The van der Waals surface area contributed by atoms with Crippen LogP contribution in [0.1, 0.15) is 5.56 Å². The van der Waals surface area contributed by atoms with E-state index in [1.54, 1.807) is 0 Å². The molecule has 1 saturated heterocycles. The Morgan fingerprint density at radius 3 is 2.56 bits per heavy atom. The standard InChI is InChI=1S/C20H23N5O2/c26-15-16-2-1-3-17(10-16)20-21-11-18(12-22-20)19-13-23-25(14-19)5-4-24-6-8-27-9-7-24/h1-3,10-14,26H,4-9,15H2. The first-order valence-corrected chi connectivity index (χ1v) is 9.17. The summed E-state index contributed by atoms with van der Waals surface area (Å²) in [5.74, 6) is 0.647. The summed E-state index contributed by atoms with van der Waals surface area (Å²) in [4.78, 5) is 11.3. The molecule has 0 spiro atoms. The van der Waals surface area contributed by atoms with Crippen LogP contribution in [0.5, 0.6) is 0 Å². The second-order valence-corrected chi connectivity index (χ2v) is 6.60. The van der Waals surface area contributed by atoms with Crippen molar-refractivity contribution in [1.29, 1.82) is 0 Å². The molecule has 0 unspecified atom stereocenters. The highest BCUT2D eigenvalue weighted by Gasteiger charge is 2.11. The Hall–Kier alpha value is -2.61. The van der Waals surface area contributed by atoms with E-state index in [1.165, 1.54) is 0 Å². The SMILES string of the molecule is OCc1cccc(-c2ncc(-c3cnn(CCN4CCOCC4)c3)cn2)c1. The van der Waals surface area contributed by atoms with Crippen LogP contribution in [0.2, 0.25) is 0 Å². The fourth-order valence-corrected chi connectivity index (χ4v) is 3.14. The third-order valence-electron chi connectivity index (χ3n) is 4.74. The lowest BCUT2D eigenvalue weighted by Gasteiger charge is -2.26. The lowest BCUT2D eigenvalue weighted by molar-refractivity contribution is 0.0360. The van der Waals surface area contributed by atoms with Gasteiger partial charge in [0.05, 0.1) is 32.6 Å². The molecule has 1 aliphatic heterocycles. The zero-order valence-corrected chi connectivity index (χ0v) is 15.2. The molecule has 1 aromatic carbocycles. The number of hydrogen-bond acceptors (Lipinski definition) is 6. The Morgan fingerprint density at radius 1 is 0.963 bits per heavy atom. The summed E-state index contributed by atoms with van der Waals surface area (Å²) in [6.45, 7) is 5.44. The number of aliphatic hydroxyl groups excluding tert-OH is 1. The zero-order chi connectivity index (χ0) is 18.5. The monoisotopic (exact) mass is 365 g/mol. The van der Waals surface area contributed by atoms with Gasteiger partial charge in [-0.05, 0) is 11.6 Å². The van der Waals surface area contributed by atoms with Crippen LogP contribution in [0.3, 0.4) is 0 Å². The third kappa shape index (κ3) is 4.39. The van der Waals surface area contributed by atoms with Gasteiger partial charge < -0.3 is 9.84 Å². The molecule has 3 aromatic rings. The van der Waals surface area contributed by atoms with Gasteiger partial charge in [0.2, 0.25) is 0 Å². The largest absolute Gasteiger partial charge is 0.392 e. The van der Waals surface area contributed by atoms with Crippen molar-refractivity contribution < 1.29 is 9.84 Å². The molecule has 140 valence electrons. The molecule has 0 aliphatic carbocycles. The Balaban J connectivity index is 1.42. The number of aliphatic hydroxyl groups is 1. The number of aromatic nitrogens is 4. The summed E-state index contributed by atoms with van der Waals surface area (Å²) in [5, 5.41) is 13.7. The Labute approximate surface area is 158 Å². The van der Waals surface area contributed by atoms with Gasteiger partial charge in [-0.25, -0.2) is 9.97 Å². The third-order valence-corrected chi connectivity index (χ3v) is 4.74. The maximum atomic E-state index is 9.27. The van der Waals surface area contributed by atoms with E-state index in [4.69, 9.17) is 4.74 Å². The minimum atomic E-state index is 0.00949. The molecule has 4 rings (SSSR count). The number of rotatable bonds is 6. The number of hydrogen-bond donors (Lipinski definition) is 1. The average Bonchev–Trinajstić information content (AvgIpc) is 3.22. The Morgan fingerprint density at radius 2 is 1.78 bits per heavy atom. The van der Waals surface area contributed by atoms with Crippen molar-refractivity contribution in [2.75, 3.05) is 32.8 Å². The van der Waals surface area contributed by atoms with Gasteiger partial charge in [0.25, 0.3) is 0 Å². The highest BCUT2D eigenvalue weighted by Crippen LogP contribution is 2.20. The molecule has 7 heteroatoms. The number of benzene rings is 1. The first kappa shape index (κ1) is 17.8. The van der Waals surface area contributed by atoms with Crippen molar-refractivity contribution >= 4 is 0 Å². The summed E-state index contributed by atoms with van der Waals surface area (Å²) >= 11 is 0. The van der Waals surface area contributed by atoms with Crippen molar-refractivity contribution in [2.45, 2.75) is 13.2 Å². The van der Waals surface area contributed by atoms with Gasteiger partial charge in [-0.3, -0.25) is 9.58 Å². The number of ether oxygens (including phenoxy) is 1. The van der Waals surface area contributed by atoms with E-state index in [2.05, 4.69) is 20.0 Å². The van der Waals surface area contributed by atoms with E-state index in [0.29, 0.717) is 5.82 Å².